The first-order valence-electron chi connectivity index (χ1n) is 7.09. The number of hydrogen-bond donors (Lipinski definition) is 1. The lowest BCUT2D eigenvalue weighted by Crippen LogP contribution is -2.27. The molecule has 6 nitrogen and oxygen atoms in total. The third kappa shape index (κ3) is 2.54. The zero-order valence-electron chi connectivity index (χ0n) is 11.6. The topological polar surface area (TPSA) is 91.3 Å². The molecule has 110 valence electrons. The number of nitrogens with zero attached hydrogens (tertiary/aromatic N) is 2. The summed E-state index contributed by atoms with van der Waals surface area (Å²) in [6, 6.07) is 6.68. The van der Waals surface area contributed by atoms with Gasteiger partial charge in [-0.2, -0.15) is 0 Å². The van der Waals surface area contributed by atoms with Gasteiger partial charge in [0, 0.05) is 23.6 Å². The number of nitro groups is 1. The lowest BCUT2D eigenvalue weighted by atomic mass is 10.1. The minimum absolute atomic E-state index is 0.000234. The van der Waals surface area contributed by atoms with Crippen molar-refractivity contribution in [2.75, 3.05) is 6.54 Å². The van der Waals surface area contributed by atoms with Gasteiger partial charge in [0.2, 0.25) is 0 Å². The molecule has 2 aromatic rings. The molecule has 1 aromatic carbocycles. The van der Waals surface area contributed by atoms with Crippen LogP contribution in [-0.2, 0) is 0 Å². The summed E-state index contributed by atoms with van der Waals surface area (Å²) in [5, 5.41) is 11.8. The maximum absolute atomic E-state index is 11.1. The van der Waals surface area contributed by atoms with Gasteiger partial charge < -0.3 is 10.5 Å². The Bertz CT molecular complexity index is 674. The van der Waals surface area contributed by atoms with E-state index in [0.29, 0.717) is 29.1 Å². The van der Waals surface area contributed by atoms with Gasteiger partial charge in [-0.3, -0.25) is 10.1 Å². The molecule has 2 unspecified atom stereocenters. The van der Waals surface area contributed by atoms with Crippen molar-refractivity contribution in [3.8, 4) is 5.75 Å². The van der Waals surface area contributed by atoms with E-state index in [-0.39, 0.29) is 11.8 Å². The van der Waals surface area contributed by atoms with E-state index in [4.69, 9.17) is 10.5 Å². The molecule has 6 heteroatoms. The van der Waals surface area contributed by atoms with Crippen molar-refractivity contribution in [3.63, 3.8) is 0 Å². The van der Waals surface area contributed by atoms with Gasteiger partial charge in [0.25, 0.3) is 5.69 Å². The van der Waals surface area contributed by atoms with Crippen LogP contribution in [0.4, 0.5) is 5.69 Å². The van der Waals surface area contributed by atoms with Crippen LogP contribution >= 0.6 is 0 Å². The van der Waals surface area contributed by atoms with Crippen molar-refractivity contribution >= 4 is 16.6 Å². The number of benzene rings is 1. The number of rotatable bonds is 4. The SMILES string of the molecule is NCC1CCCC1Oc1ccnc2c([N+](=O)[O-])cccc12. The Morgan fingerprint density at radius 3 is 3.00 bits per heavy atom. The maximum atomic E-state index is 11.1. The highest BCUT2D eigenvalue weighted by Gasteiger charge is 2.28. The second-order valence-corrected chi connectivity index (χ2v) is 5.32. The van der Waals surface area contributed by atoms with Gasteiger partial charge in [0.05, 0.1) is 4.92 Å². The highest BCUT2D eigenvalue weighted by molar-refractivity contribution is 5.91. The fourth-order valence-corrected chi connectivity index (χ4v) is 2.98. The van der Waals surface area contributed by atoms with Gasteiger partial charge in [-0.25, -0.2) is 4.98 Å². The molecular formula is C15H17N3O3. The average molecular weight is 287 g/mol. The molecule has 0 radical (unpaired) electrons. The van der Waals surface area contributed by atoms with E-state index in [1.807, 2.05) is 0 Å². The van der Waals surface area contributed by atoms with Crippen LogP contribution in [0.2, 0.25) is 0 Å². The Morgan fingerprint density at radius 2 is 2.24 bits per heavy atom. The highest BCUT2D eigenvalue weighted by Crippen LogP contribution is 2.34. The van der Waals surface area contributed by atoms with Crippen molar-refractivity contribution in [3.05, 3.63) is 40.6 Å². The lowest BCUT2D eigenvalue weighted by molar-refractivity contribution is -0.383. The van der Waals surface area contributed by atoms with Crippen molar-refractivity contribution in [2.24, 2.45) is 11.7 Å². The first-order valence-corrected chi connectivity index (χ1v) is 7.09. The molecule has 0 saturated heterocycles. The third-order valence-electron chi connectivity index (χ3n) is 4.08. The molecule has 1 aliphatic carbocycles. The Hall–Kier alpha value is -2.21. The summed E-state index contributed by atoms with van der Waals surface area (Å²) in [7, 11) is 0. The largest absolute Gasteiger partial charge is 0.489 e. The average Bonchev–Trinajstić information content (AvgIpc) is 2.94. The number of aromatic nitrogens is 1. The number of ether oxygens (including phenoxy) is 1. The Labute approximate surface area is 122 Å². The molecule has 1 heterocycles. The van der Waals surface area contributed by atoms with Crippen LogP contribution in [0.15, 0.2) is 30.5 Å². The third-order valence-corrected chi connectivity index (χ3v) is 4.08. The second-order valence-electron chi connectivity index (χ2n) is 5.32. The number of pyridine rings is 1. The highest BCUT2D eigenvalue weighted by atomic mass is 16.6. The first kappa shape index (κ1) is 13.8. The molecule has 0 aliphatic heterocycles. The van der Waals surface area contributed by atoms with Crippen LogP contribution in [0, 0.1) is 16.0 Å². The van der Waals surface area contributed by atoms with Crippen LogP contribution in [-0.4, -0.2) is 22.6 Å². The van der Waals surface area contributed by atoms with E-state index in [9.17, 15) is 10.1 Å². The Kier molecular flexibility index (Phi) is 3.70. The van der Waals surface area contributed by atoms with Gasteiger partial charge in [0.1, 0.15) is 11.9 Å². The molecule has 1 saturated carbocycles. The smallest absolute Gasteiger partial charge is 0.295 e. The van der Waals surface area contributed by atoms with Crippen LogP contribution in [0.5, 0.6) is 5.75 Å². The minimum atomic E-state index is -0.419. The lowest BCUT2D eigenvalue weighted by Gasteiger charge is -2.20. The second kappa shape index (κ2) is 5.65. The number of nitro benzene ring substituents is 1. The summed E-state index contributed by atoms with van der Waals surface area (Å²) in [5.74, 6) is 1.00. The molecule has 2 atom stereocenters. The van der Waals surface area contributed by atoms with Crippen molar-refractivity contribution in [1.29, 1.82) is 0 Å². The van der Waals surface area contributed by atoms with Crippen molar-refractivity contribution in [1.82, 2.24) is 4.98 Å². The van der Waals surface area contributed by atoms with Crippen molar-refractivity contribution < 1.29 is 9.66 Å². The molecule has 2 N–H and O–H groups in total. The quantitative estimate of drug-likeness (QED) is 0.689. The molecule has 3 rings (SSSR count). The van der Waals surface area contributed by atoms with Gasteiger partial charge in [-0.05, 0) is 37.9 Å². The molecule has 1 aliphatic rings. The number of fused-ring (bicyclic) bond motifs is 1. The molecule has 0 spiro atoms. The molecular weight excluding hydrogens is 270 g/mol. The Balaban J connectivity index is 1.99. The molecule has 0 bridgehead atoms. The van der Waals surface area contributed by atoms with E-state index in [0.717, 1.165) is 19.3 Å². The number of nitrogens with two attached hydrogens (primary N) is 1. The predicted molar refractivity (Wildman–Crippen MR) is 79.2 cm³/mol. The van der Waals surface area contributed by atoms with Crippen LogP contribution in [0.25, 0.3) is 10.9 Å². The van der Waals surface area contributed by atoms with Gasteiger partial charge in [0.15, 0.2) is 5.52 Å². The van der Waals surface area contributed by atoms with Crippen LogP contribution < -0.4 is 10.5 Å². The fraction of sp³-hybridized carbons (Fsp3) is 0.400. The zero-order valence-corrected chi connectivity index (χ0v) is 11.6. The summed E-state index contributed by atoms with van der Waals surface area (Å²) in [4.78, 5) is 14.8. The molecule has 1 fully saturated rings. The van der Waals surface area contributed by atoms with E-state index in [1.54, 1.807) is 24.4 Å². The molecule has 0 amide bonds. The maximum Gasteiger partial charge on any atom is 0.295 e. The van der Waals surface area contributed by atoms with E-state index >= 15 is 0 Å². The first-order chi connectivity index (χ1) is 10.2. The number of para-hydroxylation sites is 1. The molecule has 21 heavy (non-hydrogen) atoms. The van der Waals surface area contributed by atoms with Crippen LogP contribution in [0.3, 0.4) is 0 Å². The predicted octanol–water partition coefficient (Wildman–Crippen LogP) is 2.65. The van der Waals surface area contributed by atoms with Gasteiger partial charge >= 0.3 is 0 Å². The summed E-state index contributed by atoms with van der Waals surface area (Å²) in [5.41, 5.74) is 6.14. The standard InChI is InChI=1S/C15H17N3O3/c16-9-10-3-1-6-13(10)21-14-7-8-17-15-11(14)4-2-5-12(15)18(19)20/h2,4-5,7-8,10,13H,1,3,6,9,16H2. The van der Waals surface area contributed by atoms with Crippen molar-refractivity contribution in [2.45, 2.75) is 25.4 Å². The number of non-ortho nitro benzene ring substituents is 1. The van der Waals surface area contributed by atoms with E-state index in [2.05, 4.69) is 4.98 Å². The number of hydrogen-bond acceptors (Lipinski definition) is 5. The summed E-state index contributed by atoms with van der Waals surface area (Å²) in [6.45, 7) is 0.605. The Morgan fingerprint density at radius 1 is 1.38 bits per heavy atom. The fourth-order valence-electron chi connectivity index (χ4n) is 2.98. The summed E-state index contributed by atoms with van der Waals surface area (Å²) in [6.07, 6.45) is 4.79. The van der Waals surface area contributed by atoms with E-state index < -0.39 is 4.92 Å². The normalized spacial score (nSPS) is 21.6. The van der Waals surface area contributed by atoms with E-state index in [1.165, 1.54) is 6.07 Å². The van der Waals surface area contributed by atoms with Gasteiger partial charge in [-0.1, -0.05) is 6.07 Å². The monoisotopic (exact) mass is 287 g/mol. The van der Waals surface area contributed by atoms with Gasteiger partial charge in [-0.15, -0.1) is 0 Å². The minimum Gasteiger partial charge on any atom is -0.489 e. The molecule has 1 aromatic heterocycles. The summed E-state index contributed by atoms with van der Waals surface area (Å²) < 4.78 is 6.08. The zero-order chi connectivity index (χ0) is 14.8. The summed E-state index contributed by atoms with van der Waals surface area (Å²) >= 11 is 0. The van der Waals surface area contributed by atoms with Crippen LogP contribution in [0.1, 0.15) is 19.3 Å².